The average Bonchev–Trinajstić information content (AvgIpc) is 3.21. The molecule has 3 aromatic rings. The third kappa shape index (κ3) is 7.65. The topological polar surface area (TPSA) is 69.6 Å². The maximum Gasteiger partial charge on any atom is 0.190 e. The lowest BCUT2D eigenvalue weighted by Crippen LogP contribution is -2.26. The number of hydrogen-bond donors (Lipinski definition) is 2. The Morgan fingerprint density at radius 1 is 0.758 bits per heavy atom. The second-order valence-corrected chi connectivity index (χ2v) is 8.99. The summed E-state index contributed by atoms with van der Waals surface area (Å²) in [5.41, 5.74) is 10.8. The zero-order chi connectivity index (χ0) is 23.3. The van der Waals surface area contributed by atoms with Gasteiger partial charge in [-0.05, 0) is 31.4 Å². The summed E-state index contributed by atoms with van der Waals surface area (Å²) in [6, 6.07) is 12.0. The summed E-state index contributed by atoms with van der Waals surface area (Å²) in [4.78, 5) is 5.87. The van der Waals surface area contributed by atoms with E-state index in [0.29, 0.717) is 11.5 Å². The monoisotopic (exact) mass is 454 g/mol. The number of benzene rings is 2. The van der Waals surface area contributed by atoms with Crippen molar-refractivity contribution < 1.29 is 14.0 Å². The van der Waals surface area contributed by atoms with Crippen molar-refractivity contribution in [3.05, 3.63) is 36.4 Å². The van der Waals surface area contributed by atoms with Crippen LogP contribution in [-0.2, 0) is 0 Å². The van der Waals surface area contributed by atoms with Gasteiger partial charge in [-0.2, -0.15) is 5.48 Å². The van der Waals surface area contributed by atoms with E-state index in [1.54, 1.807) is 0 Å². The van der Waals surface area contributed by atoms with Gasteiger partial charge in [-0.1, -0.05) is 95.9 Å². The van der Waals surface area contributed by atoms with Crippen LogP contribution in [0.4, 0.5) is 0 Å². The molecule has 0 radical (unpaired) electrons. The first-order chi connectivity index (χ1) is 16.2. The van der Waals surface area contributed by atoms with Gasteiger partial charge >= 0.3 is 0 Å². The van der Waals surface area contributed by atoms with E-state index in [-0.39, 0.29) is 6.23 Å². The number of nitrogens with one attached hydrogen (secondary N) is 1. The minimum Gasteiger partial charge on any atom is -0.472 e. The Hall–Kier alpha value is -2.24. The van der Waals surface area contributed by atoms with Crippen LogP contribution in [0.5, 0.6) is 11.5 Å². The summed E-state index contributed by atoms with van der Waals surface area (Å²) >= 11 is 0. The van der Waals surface area contributed by atoms with Crippen molar-refractivity contribution in [2.75, 3.05) is 6.54 Å². The molecule has 0 aliphatic carbocycles. The van der Waals surface area contributed by atoms with E-state index in [9.17, 15) is 0 Å². The van der Waals surface area contributed by atoms with Gasteiger partial charge in [-0.25, -0.2) is 0 Å². The Kier molecular flexibility index (Phi) is 10.9. The summed E-state index contributed by atoms with van der Waals surface area (Å²) in [5, 5.41) is 2.03. The van der Waals surface area contributed by atoms with Crippen LogP contribution in [0.25, 0.3) is 21.9 Å². The van der Waals surface area contributed by atoms with Crippen molar-refractivity contribution >= 4 is 21.9 Å². The van der Waals surface area contributed by atoms with Gasteiger partial charge in [0, 0.05) is 17.3 Å². The molecule has 33 heavy (non-hydrogen) atoms. The molecule has 1 atom stereocenters. The van der Waals surface area contributed by atoms with Crippen LogP contribution in [0.2, 0.25) is 0 Å². The predicted molar refractivity (Wildman–Crippen MR) is 138 cm³/mol. The van der Waals surface area contributed by atoms with E-state index < -0.39 is 0 Å². The zero-order valence-electron chi connectivity index (χ0n) is 20.5. The number of ether oxygens (including phenoxy) is 1. The van der Waals surface area contributed by atoms with Crippen LogP contribution in [0, 0.1) is 0 Å². The minimum atomic E-state index is -0.333. The first kappa shape index (κ1) is 25.4. The fourth-order valence-corrected chi connectivity index (χ4v) is 4.22. The van der Waals surface area contributed by atoms with Gasteiger partial charge in [-0.15, -0.1) is 0 Å². The second kappa shape index (κ2) is 14.1. The Balaban J connectivity index is 1.60. The number of furan rings is 1. The molecule has 0 fully saturated rings. The number of fused-ring (bicyclic) bond motifs is 3. The van der Waals surface area contributed by atoms with E-state index in [4.69, 9.17) is 19.7 Å². The number of hydroxylamine groups is 1. The van der Waals surface area contributed by atoms with E-state index >= 15 is 0 Å². The van der Waals surface area contributed by atoms with Crippen molar-refractivity contribution in [2.45, 2.75) is 97.1 Å². The van der Waals surface area contributed by atoms with E-state index in [1.165, 1.54) is 57.8 Å². The molecule has 0 aliphatic rings. The molecule has 3 N–H and O–H groups in total. The molecule has 0 spiro atoms. The molecule has 5 nitrogen and oxygen atoms in total. The molecule has 0 amide bonds. The largest absolute Gasteiger partial charge is 0.472 e. The van der Waals surface area contributed by atoms with Gasteiger partial charge in [0.05, 0.1) is 0 Å². The third-order valence-electron chi connectivity index (χ3n) is 6.14. The number of nitrogens with two attached hydrogens (primary N) is 1. The SMILES string of the molecule is CCCCCCCCNOc1cccc2c1oc1c(OC(N)CCCCCCC)cccc12. The van der Waals surface area contributed by atoms with Crippen LogP contribution in [-0.4, -0.2) is 12.8 Å². The summed E-state index contributed by atoms with van der Waals surface area (Å²) < 4.78 is 12.3. The molecular formula is C28H42N2O3. The zero-order valence-corrected chi connectivity index (χ0v) is 20.5. The van der Waals surface area contributed by atoms with Gasteiger partial charge in [0.2, 0.25) is 0 Å². The Labute approximate surface area is 198 Å². The molecule has 1 heterocycles. The average molecular weight is 455 g/mol. The number of hydrogen-bond acceptors (Lipinski definition) is 5. The molecular weight excluding hydrogens is 412 g/mol. The lowest BCUT2D eigenvalue weighted by atomic mass is 10.1. The molecule has 5 heteroatoms. The highest BCUT2D eigenvalue weighted by Gasteiger charge is 2.16. The quantitative estimate of drug-likeness (QED) is 0.123. The normalized spacial score (nSPS) is 12.5. The van der Waals surface area contributed by atoms with Gasteiger partial charge in [0.1, 0.15) is 6.23 Å². The summed E-state index contributed by atoms with van der Waals surface area (Å²) in [6.45, 7) is 5.29. The van der Waals surface area contributed by atoms with Gasteiger partial charge in [0.15, 0.2) is 22.7 Å². The maximum absolute atomic E-state index is 6.27. The Morgan fingerprint density at radius 3 is 2.03 bits per heavy atom. The fraction of sp³-hybridized carbons (Fsp3) is 0.571. The van der Waals surface area contributed by atoms with Crippen LogP contribution in [0.1, 0.15) is 90.9 Å². The Morgan fingerprint density at radius 2 is 1.33 bits per heavy atom. The van der Waals surface area contributed by atoms with Crippen molar-refractivity contribution in [1.29, 1.82) is 0 Å². The number of unbranched alkanes of at least 4 members (excludes halogenated alkanes) is 9. The molecule has 1 aromatic heterocycles. The summed E-state index contributed by atoms with van der Waals surface area (Å²) in [7, 11) is 0. The lowest BCUT2D eigenvalue weighted by Gasteiger charge is -2.14. The standard InChI is InChI=1S/C28H42N2O3/c1-3-5-7-9-11-13-21-30-33-25-19-15-17-23-22-16-14-18-24(27(22)32-28(23)25)31-26(29)20-12-10-8-6-4-2/h14-19,26,30H,3-13,20-21,29H2,1-2H3. The van der Waals surface area contributed by atoms with Crippen molar-refractivity contribution in [3.63, 3.8) is 0 Å². The van der Waals surface area contributed by atoms with Gasteiger partial charge < -0.3 is 14.0 Å². The molecule has 1 unspecified atom stereocenters. The Bertz CT molecular complexity index is 953. The lowest BCUT2D eigenvalue weighted by molar-refractivity contribution is 0.192. The van der Waals surface area contributed by atoms with Crippen LogP contribution in [0.15, 0.2) is 40.8 Å². The highest BCUT2D eigenvalue weighted by Crippen LogP contribution is 2.38. The molecule has 2 aromatic carbocycles. The van der Waals surface area contributed by atoms with E-state index in [0.717, 1.165) is 47.7 Å². The van der Waals surface area contributed by atoms with Gasteiger partial charge in [0.25, 0.3) is 0 Å². The van der Waals surface area contributed by atoms with E-state index in [1.807, 2.05) is 24.3 Å². The van der Waals surface area contributed by atoms with Gasteiger partial charge in [-0.3, -0.25) is 5.73 Å². The number of para-hydroxylation sites is 2. The second-order valence-electron chi connectivity index (χ2n) is 8.99. The molecule has 0 saturated carbocycles. The number of rotatable bonds is 17. The molecule has 0 saturated heterocycles. The summed E-state index contributed by atoms with van der Waals surface area (Å²) in [5.74, 6) is 1.39. The molecule has 182 valence electrons. The third-order valence-corrected chi connectivity index (χ3v) is 6.14. The van der Waals surface area contributed by atoms with Crippen LogP contribution >= 0.6 is 0 Å². The van der Waals surface area contributed by atoms with Crippen LogP contribution in [0.3, 0.4) is 0 Å². The molecule has 3 rings (SSSR count). The smallest absolute Gasteiger partial charge is 0.190 e. The first-order valence-electron chi connectivity index (χ1n) is 13.0. The van der Waals surface area contributed by atoms with Crippen molar-refractivity contribution in [3.8, 4) is 11.5 Å². The van der Waals surface area contributed by atoms with E-state index in [2.05, 4.69) is 31.5 Å². The predicted octanol–water partition coefficient (Wildman–Crippen LogP) is 7.85. The highest BCUT2D eigenvalue weighted by molar-refractivity contribution is 6.08. The van der Waals surface area contributed by atoms with Crippen molar-refractivity contribution in [2.24, 2.45) is 5.73 Å². The minimum absolute atomic E-state index is 0.333. The fourth-order valence-electron chi connectivity index (χ4n) is 4.22. The summed E-state index contributed by atoms with van der Waals surface area (Å²) in [6.07, 6.45) is 14.1. The molecule has 0 aliphatic heterocycles. The highest BCUT2D eigenvalue weighted by atomic mass is 16.6. The molecule has 0 bridgehead atoms. The first-order valence-corrected chi connectivity index (χ1v) is 13.0. The van der Waals surface area contributed by atoms with Crippen LogP contribution < -0.4 is 20.8 Å². The maximum atomic E-state index is 6.27. The van der Waals surface area contributed by atoms with Crippen molar-refractivity contribution in [1.82, 2.24) is 5.48 Å².